The maximum Gasteiger partial charge on any atom is 0.407 e. The highest BCUT2D eigenvalue weighted by molar-refractivity contribution is 5.81. The quantitative estimate of drug-likeness (QED) is 0.250. The van der Waals surface area contributed by atoms with Gasteiger partial charge < -0.3 is 19.6 Å². The van der Waals surface area contributed by atoms with E-state index in [0.717, 1.165) is 39.8 Å². The molecule has 1 saturated heterocycles. The molecular formula is C26H32N5O4+. The molecule has 9 nitrogen and oxygen atoms in total. The lowest BCUT2D eigenvalue weighted by Crippen LogP contribution is -2.59. The molecule has 1 amide bonds. The largest absolute Gasteiger partial charge is 0.480 e. The number of fused-ring (bicyclic) bond motifs is 3. The molecule has 0 spiro atoms. The minimum absolute atomic E-state index is 0.108. The summed E-state index contributed by atoms with van der Waals surface area (Å²) in [5.41, 5.74) is 12.4. The molecule has 9 heteroatoms. The second-order valence-electron chi connectivity index (χ2n) is 10.2. The van der Waals surface area contributed by atoms with Gasteiger partial charge in [0.25, 0.3) is 0 Å². The van der Waals surface area contributed by atoms with Crippen molar-refractivity contribution >= 4 is 12.1 Å². The van der Waals surface area contributed by atoms with E-state index < -0.39 is 23.5 Å². The van der Waals surface area contributed by atoms with Crippen molar-refractivity contribution in [3.05, 3.63) is 70.1 Å². The van der Waals surface area contributed by atoms with Crippen LogP contribution in [0.5, 0.6) is 0 Å². The van der Waals surface area contributed by atoms with E-state index >= 15 is 0 Å². The number of carboxylic acid groups (broad SMARTS) is 1. The average Bonchev–Trinajstić information content (AvgIpc) is 3.16. The van der Waals surface area contributed by atoms with Gasteiger partial charge in [0.15, 0.2) is 0 Å². The van der Waals surface area contributed by atoms with E-state index in [1.165, 1.54) is 0 Å². The SMILES string of the molecule is C[N+]1(C)CCC(CCN=[N+]=[N-])([C@@H](NC(=O)OCC2c3ccccc3-c3ccccc32)C(=O)O)CC1. The first-order chi connectivity index (χ1) is 16.8. The van der Waals surface area contributed by atoms with Gasteiger partial charge in [-0.15, -0.1) is 0 Å². The molecule has 0 unspecified atom stereocenters. The third kappa shape index (κ3) is 5.11. The summed E-state index contributed by atoms with van der Waals surface area (Å²) in [6.07, 6.45) is 0.836. The van der Waals surface area contributed by atoms with Crippen molar-refractivity contribution in [2.75, 3.05) is 40.3 Å². The first-order valence-electron chi connectivity index (χ1n) is 11.9. The van der Waals surface area contributed by atoms with E-state index in [4.69, 9.17) is 10.3 Å². The van der Waals surface area contributed by atoms with Crippen LogP contribution in [0.1, 0.15) is 36.3 Å². The number of nitrogens with one attached hydrogen (secondary N) is 1. The van der Waals surface area contributed by atoms with Gasteiger partial charge >= 0.3 is 12.1 Å². The number of carboxylic acids is 1. The lowest BCUT2D eigenvalue weighted by Gasteiger charge is -2.47. The fourth-order valence-corrected chi connectivity index (χ4v) is 5.52. The molecule has 0 saturated carbocycles. The van der Waals surface area contributed by atoms with Gasteiger partial charge in [0.2, 0.25) is 0 Å². The third-order valence-corrected chi connectivity index (χ3v) is 7.67. The predicted molar refractivity (Wildman–Crippen MR) is 132 cm³/mol. The molecule has 0 bridgehead atoms. The Bertz CT molecular complexity index is 1100. The Balaban J connectivity index is 1.49. The number of carbonyl (C=O) groups excluding carboxylic acids is 1. The van der Waals surface area contributed by atoms with Crippen molar-refractivity contribution in [2.24, 2.45) is 10.5 Å². The highest BCUT2D eigenvalue weighted by Crippen LogP contribution is 2.44. The Labute approximate surface area is 204 Å². The van der Waals surface area contributed by atoms with Crippen molar-refractivity contribution in [2.45, 2.75) is 31.2 Å². The van der Waals surface area contributed by atoms with Crippen molar-refractivity contribution < 1.29 is 23.9 Å². The van der Waals surface area contributed by atoms with Gasteiger partial charge in [-0.3, -0.25) is 0 Å². The first kappa shape index (κ1) is 24.6. The van der Waals surface area contributed by atoms with E-state index in [-0.39, 0.29) is 19.1 Å². The number of benzene rings is 2. The molecule has 1 fully saturated rings. The van der Waals surface area contributed by atoms with E-state index in [0.29, 0.717) is 19.3 Å². The number of hydrogen-bond donors (Lipinski definition) is 2. The van der Waals surface area contributed by atoms with Crippen LogP contribution in [0.4, 0.5) is 4.79 Å². The zero-order valence-corrected chi connectivity index (χ0v) is 20.2. The van der Waals surface area contributed by atoms with E-state index in [1.807, 2.05) is 36.4 Å². The average molecular weight is 479 g/mol. The van der Waals surface area contributed by atoms with Gasteiger partial charge in [-0.2, -0.15) is 0 Å². The molecule has 1 aliphatic carbocycles. The van der Waals surface area contributed by atoms with Crippen molar-refractivity contribution in [1.82, 2.24) is 5.32 Å². The highest BCUT2D eigenvalue weighted by atomic mass is 16.5. The van der Waals surface area contributed by atoms with Crippen LogP contribution < -0.4 is 5.32 Å². The van der Waals surface area contributed by atoms with Crippen LogP contribution >= 0.6 is 0 Å². The van der Waals surface area contributed by atoms with Gasteiger partial charge in [0.1, 0.15) is 12.6 Å². The number of azide groups is 1. The van der Waals surface area contributed by atoms with Crippen LogP contribution in [0.15, 0.2) is 53.6 Å². The maximum atomic E-state index is 12.9. The number of aliphatic carboxylic acids is 1. The molecule has 4 rings (SSSR count). The molecule has 1 atom stereocenters. The van der Waals surface area contributed by atoms with Crippen LogP contribution in [0.3, 0.4) is 0 Å². The minimum Gasteiger partial charge on any atom is -0.480 e. The van der Waals surface area contributed by atoms with Crippen LogP contribution in [0.25, 0.3) is 21.6 Å². The number of rotatable bonds is 8. The van der Waals surface area contributed by atoms with Gasteiger partial charge in [0, 0.05) is 35.6 Å². The second-order valence-corrected chi connectivity index (χ2v) is 10.2. The highest BCUT2D eigenvalue weighted by Gasteiger charge is 2.48. The van der Waals surface area contributed by atoms with Crippen molar-refractivity contribution in [1.29, 1.82) is 0 Å². The molecule has 2 aromatic rings. The third-order valence-electron chi connectivity index (χ3n) is 7.67. The molecule has 2 N–H and O–H groups in total. The number of piperidine rings is 1. The van der Waals surface area contributed by atoms with Gasteiger partial charge in [-0.05, 0) is 34.2 Å². The summed E-state index contributed by atoms with van der Waals surface area (Å²) in [7, 11) is 4.21. The molecule has 2 aromatic carbocycles. The predicted octanol–water partition coefficient (Wildman–Crippen LogP) is 4.54. The van der Waals surface area contributed by atoms with Gasteiger partial charge in [-0.1, -0.05) is 53.6 Å². The molecule has 1 aliphatic heterocycles. The topological polar surface area (TPSA) is 124 Å². The smallest absolute Gasteiger partial charge is 0.407 e. The van der Waals surface area contributed by atoms with E-state index in [1.54, 1.807) is 0 Å². The number of hydrogen-bond acceptors (Lipinski definition) is 4. The molecule has 2 aliphatic rings. The molecule has 0 aromatic heterocycles. The standard InChI is InChI=1S/C26H31N5O4/c1-31(2)15-12-26(13-16-31,11-14-28-30-27)23(24(32)33)29-25(34)35-17-22-20-9-5-3-7-18(20)19-8-4-6-10-21(19)22/h3-10,22-23H,11-17H2,1-2H3,(H-,29,32,33,34)/p+1/t23-/m0/s1. The molecule has 1 heterocycles. The molecule has 0 radical (unpaired) electrons. The van der Waals surface area contributed by atoms with Crippen LogP contribution in [-0.4, -0.2) is 68.0 Å². The van der Waals surface area contributed by atoms with Gasteiger partial charge in [0.05, 0.1) is 27.2 Å². The zero-order chi connectivity index (χ0) is 25.1. The summed E-state index contributed by atoms with van der Waals surface area (Å²) in [4.78, 5) is 28.1. The number of likely N-dealkylation sites (tertiary alicyclic amines) is 1. The fraction of sp³-hybridized carbons (Fsp3) is 0.462. The Morgan fingerprint density at radius 1 is 1.14 bits per heavy atom. The molecule has 184 valence electrons. The Morgan fingerprint density at radius 2 is 1.71 bits per heavy atom. The summed E-state index contributed by atoms with van der Waals surface area (Å²) < 4.78 is 6.40. The number of quaternary nitrogens is 1. The maximum absolute atomic E-state index is 12.9. The Hall–Kier alpha value is -3.55. The number of nitrogens with zero attached hydrogens (tertiary/aromatic N) is 4. The molecular weight excluding hydrogens is 446 g/mol. The lowest BCUT2D eigenvalue weighted by molar-refractivity contribution is -0.897. The fourth-order valence-electron chi connectivity index (χ4n) is 5.52. The monoisotopic (exact) mass is 478 g/mol. The summed E-state index contributed by atoms with van der Waals surface area (Å²) in [5.74, 6) is -1.21. The summed E-state index contributed by atoms with van der Waals surface area (Å²) >= 11 is 0. The van der Waals surface area contributed by atoms with E-state index in [9.17, 15) is 14.7 Å². The normalized spacial score (nSPS) is 18.5. The van der Waals surface area contributed by atoms with Crippen molar-refractivity contribution in [3.8, 4) is 11.1 Å². The number of carbonyl (C=O) groups is 2. The van der Waals surface area contributed by atoms with Gasteiger partial charge in [-0.25, -0.2) is 9.59 Å². The van der Waals surface area contributed by atoms with Crippen LogP contribution in [-0.2, 0) is 9.53 Å². The Kier molecular flexibility index (Phi) is 7.00. The number of alkyl carbamates (subject to hydrolysis) is 1. The molecule has 35 heavy (non-hydrogen) atoms. The number of amides is 1. The van der Waals surface area contributed by atoms with Crippen LogP contribution in [0.2, 0.25) is 0 Å². The van der Waals surface area contributed by atoms with E-state index in [2.05, 4.69) is 41.6 Å². The summed E-state index contributed by atoms with van der Waals surface area (Å²) in [6.45, 7) is 1.83. The second kappa shape index (κ2) is 9.98. The Morgan fingerprint density at radius 3 is 2.26 bits per heavy atom. The first-order valence-corrected chi connectivity index (χ1v) is 11.9. The number of ether oxygens (including phenoxy) is 1. The lowest BCUT2D eigenvalue weighted by atomic mass is 9.69. The minimum atomic E-state index is -1.13. The zero-order valence-electron chi connectivity index (χ0n) is 20.2. The summed E-state index contributed by atoms with van der Waals surface area (Å²) in [6, 6.07) is 15.0. The van der Waals surface area contributed by atoms with Crippen molar-refractivity contribution in [3.63, 3.8) is 0 Å². The summed E-state index contributed by atoms with van der Waals surface area (Å²) in [5, 5.41) is 16.4. The van der Waals surface area contributed by atoms with Crippen LogP contribution in [0, 0.1) is 5.41 Å².